The number of hydrogen-bond donors (Lipinski definition) is 1. The fourth-order valence-corrected chi connectivity index (χ4v) is 2.18. The van der Waals surface area contributed by atoms with Crippen LogP contribution in [0.5, 0.6) is 0 Å². The van der Waals surface area contributed by atoms with Gasteiger partial charge in [0.2, 0.25) is 5.91 Å². The van der Waals surface area contributed by atoms with Gasteiger partial charge in [0.25, 0.3) is 0 Å². The van der Waals surface area contributed by atoms with Crippen molar-refractivity contribution in [3.05, 3.63) is 71.7 Å². The molecule has 21 heavy (non-hydrogen) atoms. The molecular formula is C16H12ClN3O. The van der Waals surface area contributed by atoms with E-state index in [4.69, 9.17) is 11.6 Å². The van der Waals surface area contributed by atoms with Gasteiger partial charge in [-0.05, 0) is 36.4 Å². The van der Waals surface area contributed by atoms with Gasteiger partial charge in [0.15, 0.2) is 0 Å². The number of benzene rings is 1. The second-order valence-electron chi connectivity index (χ2n) is 4.44. The lowest BCUT2D eigenvalue weighted by atomic mass is 10.3. The lowest BCUT2D eigenvalue weighted by Gasteiger charge is -2.02. The van der Waals surface area contributed by atoms with Crippen LogP contribution < -0.4 is 5.32 Å². The Kier molecular flexibility index (Phi) is 3.71. The maximum atomic E-state index is 11.9. The molecule has 0 unspecified atom stereocenters. The molecule has 0 aliphatic carbocycles. The molecule has 104 valence electrons. The lowest BCUT2D eigenvalue weighted by molar-refractivity contribution is -0.111. The molecule has 2 aromatic heterocycles. The number of carbonyl (C=O) groups excluding carboxylic acids is 1. The molecule has 1 N–H and O–H groups in total. The number of imidazole rings is 1. The predicted octanol–water partition coefficient (Wildman–Crippen LogP) is 3.64. The molecule has 0 fully saturated rings. The van der Waals surface area contributed by atoms with Crippen LogP contribution in [0.1, 0.15) is 5.69 Å². The van der Waals surface area contributed by atoms with Crippen LogP contribution in [-0.4, -0.2) is 15.3 Å². The predicted molar refractivity (Wildman–Crippen MR) is 84.3 cm³/mol. The number of pyridine rings is 1. The van der Waals surface area contributed by atoms with Gasteiger partial charge in [-0.15, -0.1) is 0 Å². The summed E-state index contributed by atoms with van der Waals surface area (Å²) >= 11 is 5.87. The first-order chi connectivity index (χ1) is 10.2. The molecule has 0 bridgehead atoms. The first-order valence-corrected chi connectivity index (χ1v) is 6.77. The highest BCUT2D eigenvalue weighted by atomic mass is 35.5. The second kappa shape index (κ2) is 5.81. The molecule has 0 aliphatic heterocycles. The molecule has 0 saturated carbocycles. The summed E-state index contributed by atoms with van der Waals surface area (Å²) in [4.78, 5) is 16.1. The van der Waals surface area contributed by atoms with Crippen molar-refractivity contribution in [3.8, 4) is 0 Å². The Morgan fingerprint density at radius 3 is 3.00 bits per heavy atom. The van der Waals surface area contributed by atoms with Gasteiger partial charge in [-0.3, -0.25) is 4.79 Å². The fourth-order valence-electron chi connectivity index (χ4n) is 1.99. The van der Waals surface area contributed by atoms with Crippen LogP contribution in [0.15, 0.2) is 60.9 Å². The molecule has 0 radical (unpaired) electrons. The van der Waals surface area contributed by atoms with Gasteiger partial charge in [-0.25, -0.2) is 4.98 Å². The largest absolute Gasteiger partial charge is 0.322 e. The third kappa shape index (κ3) is 3.12. The summed E-state index contributed by atoms with van der Waals surface area (Å²) in [5, 5.41) is 3.34. The number of hydrogen-bond acceptors (Lipinski definition) is 2. The Morgan fingerprint density at radius 2 is 2.14 bits per heavy atom. The summed E-state index contributed by atoms with van der Waals surface area (Å²) in [7, 11) is 0. The molecule has 3 rings (SSSR count). The minimum Gasteiger partial charge on any atom is -0.322 e. The smallest absolute Gasteiger partial charge is 0.248 e. The first-order valence-electron chi connectivity index (χ1n) is 6.39. The van der Waals surface area contributed by atoms with E-state index in [1.54, 1.807) is 36.5 Å². The number of nitrogens with zero attached hydrogens (tertiary/aromatic N) is 2. The molecule has 1 aromatic carbocycles. The zero-order chi connectivity index (χ0) is 14.7. The number of carbonyl (C=O) groups is 1. The Labute approximate surface area is 126 Å². The highest BCUT2D eigenvalue weighted by molar-refractivity contribution is 6.30. The molecule has 0 spiro atoms. The Balaban J connectivity index is 1.75. The van der Waals surface area contributed by atoms with E-state index in [2.05, 4.69) is 10.3 Å². The summed E-state index contributed by atoms with van der Waals surface area (Å²) in [5.41, 5.74) is 2.34. The summed E-state index contributed by atoms with van der Waals surface area (Å²) in [5.74, 6) is -0.219. The van der Waals surface area contributed by atoms with E-state index < -0.39 is 0 Å². The number of halogens is 1. The topological polar surface area (TPSA) is 46.4 Å². The first kappa shape index (κ1) is 13.4. The Hall–Kier alpha value is -2.59. The quantitative estimate of drug-likeness (QED) is 0.750. The molecule has 1 amide bonds. The van der Waals surface area contributed by atoms with Crippen molar-refractivity contribution in [2.75, 3.05) is 5.32 Å². The van der Waals surface area contributed by atoms with Crippen LogP contribution in [0, 0.1) is 0 Å². The van der Waals surface area contributed by atoms with E-state index >= 15 is 0 Å². The van der Waals surface area contributed by atoms with Gasteiger partial charge in [-0.1, -0.05) is 23.7 Å². The number of anilines is 1. The van der Waals surface area contributed by atoms with E-state index in [9.17, 15) is 4.79 Å². The highest BCUT2D eigenvalue weighted by Crippen LogP contribution is 2.15. The third-order valence-corrected chi connectivity index (χ3v) is 3.18. The van der Waals surface area contributed by atoms with Crippen molar-refractivity contribution >= 4 is 34.9 Å². The zero-order valence-electron chi connectivity index (χ0n) is 11.0. The lowest BCUT2D eigenvalue weighted by Crippen LogP contribution is -2.07. The second-order valence-corrected chi connectivity index (χ2v) is 4.88. The average molecular weight is 298 g/mol. The maximum Gasteiger partial charge on any atom is 0.248 e. The van der Waals surface area contributed by atoms with Crippen LogP contribution in [0.4, 0.5) is 5.69 Å². The van der Waals surface area contributed by atoms with Crippen LogP contribution in [-0.2, 0) is 4.79 Å². The van der Waals surface area contributed by atoms with Crippen molar-refractivity contribution in [2.45, 2.75) is 0 Å². The normalized spacial score (nSPS) is 11.1. The fraction of sp³-hybridized carbons (Fsp3) is 0. The van der Waals surface area contributed by atoms with Gasteiger partial charge in [0.05, 0.1) is 11.9 Å². The number of rotatable bonds is 3. The van der Waals surface area contributed by atoms with Gasteiger partial charge < -0.3 is 9.72 Å². The Bertz CT molecular complexity index is 823. The van der Waals surface area contributed by atoms with Crippen molar-refractivity contribution in [2.24, 2.45) is 0 Å². The molecule has 0 saturated heterocycles. The summed E-state index contributed by atoms with van der Waals surface area (Å²) < 4.78 is 1.91. The minimum atomic E-state index is -0.219. The molecule has 3 aromatic rings. The summed E-state index contributed by atoms with van der Waals surface area (Å²) in [6.45, 7) is 0. The molecular weight excluding hydrogens is 286 g/mol. The Morgan fingerprint density at radius 1 is 1.24 bits per heavy atom. The van der Waals surface area contributed by atoms with E-state index in [1.165, 1.54) is 6.08 Å². The molecule has 4 nitrogen and oxygen atoms in total. The van der Waals surface area contributed by atoms with Crippen LogP contribution in [0.2, 0.25) is 5.02 Å². The van der Waals surface area contributed by atoms with Gasteiger partial charge in [-0.2, -0.15) is 0 Å². The van der Waals surface area contributed by atoms with Gasteiger partial charge >= 0.3 is 0 Å². The SMILES string of the molecule is O=C(/C=C/c1cnc2ccccn12)Nc1cccc(Cl)c1. The van der Waals surface area contributed by atoms with Crippen LogP contribution in [0.3, 0.4) is 0 Å². The van der Waals surface area contributed by atoms with Crippen molar-refractivity contribution in [1.29, 1.82) is 0 Å². The monoisotopic (exact) mass is 297 g/mol. The molecule has 0 atom stereocenters. The van der Waals surface area contributed by atoms with Crippen molar-refractivity contribution in [3.63, 3.8) is 0 Å². The highest BCUT2D eigenvalue weighted by Gasteiger charge is 2.01. The molecule has 2 heterocycles. The average Bonchev–Trinajstić information content (AvgIpc) is 2.88. The van der Waals surface area contributed by atoms with Crippen LogP contribution in [0.25, 0.3) is 11.7 Å². The third-order valence-electron chi connectivity index (χ3n) is 2.94. The maximum absolute atomic E-state index is 11.9. The minimum absolute atomic E-state index is 0.219. The van der Waals surface area contributed by atoms with Gasteiger partial charge in [0.1, 0.15) is 5.65 Å². The molecule has 0 aliphatic rings. The van der Waals surface area contributed by atoms with Crippen LogP contribution >= 0.6 is 11.6 Å². The van der Waals surface area contributed by atoms with E-state index in [0.29, 0.717) is 10.7 Å². The zero-order valence-corrected chi connectivity index (χ0v) is 11.8. The molecule has 5 heteroatoms. The number of amides is 1. The van der Waals surface area contributed by atoms with E-state index in [0.717, 1.165) is 11.3 Å². The van der Waals surface area contributed by atoms with Crippen molar-refractivity contribution in [1.82, 2.24) is 9.38 Å². The van der Waals surface area contributed by atoms with Gasteiger partial charge in [0, 0.05) is 23.0 Å². The standard InChI is InChI=1S/C16H12ClN3O/c17-12-4-3-5-13(10-12)19-16(21)8-7-14-11-18-15-6-1-2-9-20(14)15/h1-11H,(H,19,21)/b8-7+. The summed E-state index contributed by atoms with van der Waals surface area (Å²) in [6.07, 6.45) is 6.81. The summed E-state index contributed by atoms with van der Waals surface area (Å²) in [6, 6.07) is 12.8. The number of aromatic nitrogens is 2. The number of fused-ring (bicyclic) bond motifs is 1. The van der Waals surface area contributed by atoms with E-state index in [-0.39, 0.29) is 5.91 Å². The number of nitrogens with one attached hydrogen (secondary N) is 1. The van der Waals surface area contributed by atoms with Crippen molar-refractivity contribution < 1.29 is 4.79 Å². The van der Waals surface area contributed by atoms with E-state index in [1.807, 2.05) is 28.8 Å².